The Morgan fingerprint density at radius 3 is 2.75 bits per heavy atom. The molecule has 0 unspecified atom stereocenters. The lowest BCUT2D eigenvalue weighted by Crippen LogP contribution is -2.10. The summed E-state index contributed by atoms with van der Waals surface area (Å²) in [5.41, 5.74) is 1.81. The van der Waals surface area contributed by atoms with Crippen molar-refractivity contribution in [2.24, 2.45) is 0 Å². The highest BCUT2D eigenvalue weighted by atomic mass is 32.2. The second-order valence-electron chi connectivity index (χ2n) is 4.48. The smallest absolute Gasteiger partial charge is 0.251 e. The Labute approximate surface area is 122 Å². The maximum absolute atomic E-state index is 11.6. The van der Waals surface area contributed by atoms with Crippen LogP contribution in [0.4, 0.5) is 0 Å². The third kappa shape index (κ3) is 4.83. The average Bonchev–Trinajstić information content (AvgIpc) is 2.44. The quantitative estimate of drug-likeness (QED) is 0.466. The van der Waals surface area contributed by atoms with E-state index in [1.54, 1.807) is 6.07 Å². The predicted molar refractivity (Wildman–Crippen MR) is 81.1 cm³/mol. The maximum atomic E-state index is 11.6. The molecule has 1 aromatic heterocycles. The van der Waals surface area contributed by atoms with Crippen LogP contribution in [-0.2, 0) is 6.42 Å². The molecule has 0 aliphatic heterocycles. The number of unbranched alkanes of at least 4 members (excludes halogenated alkanes) is 1. The highest BCUT2D eigenvalue weighted by molar-refractivity contribution is 7.99. The Kier molecular flexibility index (Phi) is 5.83. The molecule has 0 radical (unpaired) electrons. The van der Waals surface area contributed by atoms with E-state index in [-0.39, 0.29) is 12.2 Å². The molecule has 5 heteroatoms. The van der Waals surface area contributed by atoms with Crippen molar-refractivity contribution in [2.45, 2.75) is 24.4 Å². The second kappa shape index (κ2) is 7.87. The fraction of sp³-hybridized carbons (Fsp3) is 0.333. The van der Waals surface area contributed by atoms with Crippen molar-refractivity contribution in [1.29, 1.82) is 0 Å². The van der Waals surface area contributed by atoms with Crippen molar-refractivity contribution in [3.63, 3.8) is 0 Å². The van der Waals surface area contributed by atoms with Gasteiger partial charge in [-0.25, -0.2) is 4.98 Å². The second-order valence-corrected chi connectivity index (χ2v) is 5.57. The molecule has 20 heavy (non-hydrogen) atoms. The minimum Gasteiger partial charge on any atom is -0.396 e. The van der Waals surface area contributed by atoms with Gasteiger partial charge in [-0.05, 0) is 18.4 Å². The molecule has 0 atom stereocenters. The van der Waals surface area contributed by atoms with E-state index in [9.17, 15) is 4.79 Å². The van der Waals surface area contributed by atoms with Crippen LogP contribution in [0.3, 0.4) is 0 Å². The molecule has 1 aromatic carbocycles. The fourth-order valence-electron chi connectivity index (χ4n) is 1.83. The third-order valence-electron chi connectivity index (χ3n) is 2.79. The number of aliphatic hydroxyl groups excluding tert-OH is 1. The number of benzene rings is 1. The Hall–Kier alpha value is -1.59. The number of rotatable bonds is 7. The van der Waals surface area contributed by atoms with Gasteiger partial charge in [0.25, 0.3) is 5.56 Å². The van der Waals surface area contributed by atoms with Crippen LogP contribution in [0.5, 0.6) is 0 Å². The van der Waals surface area contributed by atoms with Crippen LogP contribution in [0.2, 0.25) is 0 Å². The first-order chi connectivity index (χ1) is 9.78. The standard InChI is InChI=1S/C15H18N2O2S/c18-8-4-5-9-20-15-16-13(11-14(19)17-15)10-12-6-2-1-3-7-12/h1-3,6-7,11,18H,4-5,8-10H2,(H,16,17,19). The SMILES string of the molecule is O=c1cc(Cc2ccccc2)nc(SCCCCO)[nH]1. The first kappa shape index (κ1) is 14.8. The fourth-order valence-corrected chi connectivity index (χ4v) is 2.73. The Morgan fingerprint density at radius 2 is 2.00 bits per heavy atom. The molecule has 0 fully saturated rings. The summed E-state index contributed by atoms with van der Waals surface area (Å²) < 4.78 is 0. The number of hydrogen-bond acceptors (Lipinski definition) is 4. The summed E-state index contributed by atoms with van der Waals surface area (Å²) >= 11 is 1.52. The van der Waals surface area contributed by atoms with Crippen molar-refractivity contribution in [3.05, 3.63) is 58.0 Å². The van der Waals surface area contributed by atoms with Gasteiger partial charge in [-0.3, -0.25) is 4.79 Å². The molecule has 0 saturated heterocycles. The van der Waals surface area contributed by atoms with Gasteiger partial charge in [0.2, 0.25) is 0 Å². The van der Waals surface area contributed by atoms with Gasteiger partial charge in [0.15, 0.2) is 5.16 Å². The summed E-state index contributed by atoms with van der Waals surface area (Å²) in [6, 6.07) is 11.5. The zero-order chi connectivity index (χ0) is 14.2. The number of aromatic amines is 1. The van der Waals surface area contributed by atoms with Gasteiger partial charge in [0.1, 0.15) is 0 Å². The van der Waals surface area contributed by atoms with Crippen LogP contribution in [0, 0.1) is 0 Å². The van der Waals surface area contributed by atoms with E-state index in [4.69, 9.17) is 5.11 Å². The molecule has 4 nitrogen and oxygen atoms in total. The van der Waals surface area contributed by atoms with E-state index in [2.05, 4.69) is 9.97 Å². The minimum atomic E-state index is -0.115. The lowest BCUT2D eigenvalue weighted by atomic mass is 10.1. The molecule has 2 N–H and O–H groups in total. The zero-order valence-corrected chi connectivity index (χ0v) is 12.0. The van der Waals surface area contributed by atoms with Gasteiger partial charge in [-0.1, -0.05) is 42.1 Å². The van der Waals surface area contributed by atoms with Gasteiger partial charge in [0, 0.05) is 24.8 Å². The highest BCUT2D eigenvalue weighted by Crippen LogP contribution is 2.14. The molecular weight excluding hydrogens is 272 g/mol. The monoisotopic (exact) mass is 290 g/mol. The van der Waals surface area contributed by atoms with E-state index in [1.165, 1.54) is 11.8 Å². The Balaban J connectivity index is 2.03. The Morgan fingerprint density at radius 1 is 1.20 bits per heavy atom. The van der Waals surface area contributed by atoms with Crippen LogP contribution >= 0.6 is 11.8 Å². The molecule has 2 aromatic rings. The summed E-state index contributed by atoms with van der Waals surface area (Å²) in [6.45, 7) is 0.207. The summed E-state index contributed by atoms with van der Waals surface area (Å²) in [4.78, 5) is 18.9. The van der Waals surface area contributed by atoms with E-state index < -0.39 is 0 Å². The van der Waals surface area contributed by atoms with Crippen molar-refractivity contribution in [2.75, 3.05) is 12.4 Å². The minimum absolute atomic E-state index is 0.115. The molecule has 1 heterocycles. The molecule has 0 saturated carbocycles. The van der Waals surface area contributed by atoms with Crippen LogP contribution in [0.15, 0.2) is 46.3 Å². The van der Waals surface area contributed by atoms with Crippen LogP contribution in [-0.4, -0.2) is 27.4 Å². The number of nitrogens with one attached hydrogen (secondary N) is 1. The number of aliphatic hydroxyl groups is 1. The van der Waals surface area contributed by atoms with Gasteiger partial charge < -0.3 is 10.1 Å². The molecule has 0 aliphatic rings. The van der Waals surface area contributed by atoms with Crippen molar-refractivity contribution >= 4 is 11.8 Å². The molecule has 2 rings (SSSR count). The van der Waals surface area contributed by atoms with Crippen molar-refractivity contribution in [1.82, 2.24) is 9.97 Å². The molecule has 0 aliphatic carbocycles. The largest absolute Gasteiger partial charge is 0.396 e. The molecule has 106 valence electrons. The van der Waals surface area contributed by atoms with Gasteiger partial charge >= 0.3 is 0 Å². The van der Waals surface area contributed by atoms with Crippen LogP contribution < -0.4 is 5.56 Å². The number of hydrogen-bond donors (Lipinski definition) is 2. The first-order valence-corrected chi connectivity index (χ1v) is 7.64. The Bertz CT molecular complexity index is 584. The zero-order valence-electron chi connectivity index (χ0n) is 11.2. The number of thioether (sulfide) groups is 1. The van der Waals surface area contributed by atoms with Crippen LogP contribution in [0.25, 0.3) is 0 Å². The van der Waals surface area contributed by atoms with Gasteiger partial charge in [-0.2, -0.15) is 0 Å². The number of aromatic nitrogens is 2. The first-order valence-electron chi connectivity index (χ1n) is 6.66. The number of H-pyrrole nitrogens is 1. The maximum Gasteiger partial charge on any atom is 0.251 e. The van der Waals surface area contributed by atoms with E-state index >= 15 is 0 Å². The normalized spacial score (nSPS) is 10.7. The average molecular weight is 290 g/mol. The summed E-state index contributed by atoms with van der Waals surface area (Å²) in [5, 5.41) is 9.39. The summed E-state index contributed by atoms with van der Waals surface area (Å²) in [5.74, 6) is 0.846. The molecular formula is C15H18N2O2S. The third-order valence-corrected chi connectivity index (χ3v) is 3.75. The molecule has 0 bridgehead atoms. The van der Waals surface area contributed by atoms with E-state index in [1.807, 2.05) is 30.3 Å². The lowest BCUT2D eigenvalue weighted by Gasteiger charge is -2.04. The van der Waals surface area contributed by atoms with Gasteiger partial charge in [0.05, 0.1) is 5.69 Å². The topological polar surface area (TPSA) is 66.0 Å². The van der Waals surface area contributed by atoms with E-state index in [0.717, 1.165) is 29.9 Å². The van der Waals surface area contributed by atoms with Crippen molar-refractivity contribution < 1.29 is 5.11 Å². The van der Waals surface area contributed by atoms with Crippen LogP contribution in [0.1, 0.15) is 24.1 Å². The molecule has 0 spiro atoms. The van der Waals surface area contributed by atoms with Crippen molar-refractivity contribution in [3.8, 4) is 0 Å². The predicted octanol–water partition coefficient (Wildman–Crippen LogP) is 2.23. The van der Waals surface area contributed by atoms with Gasteiger partial charge in [-0.15, -0.1) is 0 Å². The van der Waals surface area contributed by atoms with E-state index in [0.29, 0.717) is 11.6 Å². The summed E-state index contributed by atoms with van der Waals surface area (Å²) in [7, 11) is 0. The molecule has 0 amide bonds. The summed E-state index contributed by atoms with van der Waals surface area (Å²) in [6.07, 6.45) is 2.35. The highest BCUT2D eigenvalue weighted by Gasteiger charge is 2.03. The lowest BCUT2D eigenvalue weighted by molar-refractivity contribution is 0.287. The number of nitrogens with zero attached hydrogens (tertiary/aromatic N) is 1.